The van der Waals surface area contributed by atoms with E-state index in [1.807, 2.05) is 0 Å². The van der Waals surface area contributed by atoms with Crippen molar-refractivity contribution in [1.82, 2.24) is 0 Å². The number of cyclic esters (lactones) is 2. The van der Waals surface area contributed by atoms with Crippen LogP contribution in [0.1, 0.15) is 31.4 Å². The molecule has 1 aromatic carbocycles. The number of esters is 2. The van der Waals surface area contributed by atoms with Gasteiger partial charge in [-0.25, -0.2) is 9.59 Å². The van der Waals surface area contributed by atoms with E-state index in [-0.39, 0.29) is 12.2 Å². The Balaban J connectivity index is 2.18. The number of rotatable bonds is 2. The zero-order valence-electron chi connectivity index (χ0n) is 12.4. The SMILES string of the molecule is CC1(C)OC(=O)C(=Cc2ccc(C#CCCO)cc2)C(=O)O1. The molecule has 1 aromatic rings. The van der Waals surface area contributed by atoms with Gasteiger partial charge in [-0.05, 0) is 23.8 Å². The van der Waals surface area contributed by atoms with E-state index >= 15 is 0 Å². The van der Waals surface area contributed by atoms with E-state index in [0.717, 1.165) is 5.56 Å². The monoisotopic (exact) mass is 300 g/mol. The number of carbonyl (C=O) groups excluding carboxylic acids is 2. The molecule has 1 aliphatic heterocycles. The quantitative estimate of drug-likeness (QED) is 0.389. The van der Waals surface area contributed by atoms with Crippen LogP contribution in [0, 0.1) is 11.8 Å². The smallest absolute Gasteiger partial charge is 0.348 e. The minimum Gasteiger partial charge on any atom is -0.419 e. The van der Waals surface area contributed by atoms with E-state index in [1.165, 1.54) is 19.9 Å². The van der Waals surface area contributed by atoms with Gasteiger partial charge in [0.2, 0.25) is 0 Å². The maximum atomic E-state index is 11.8. The molecule has 5 nitrogen and oxygen atoms in total. The Morgan fingerprint density at radius 1 is 1.14 bits per heavy atom. The first-order chi connectivity index (χ1) is 10.4. The van der Waals surface area contributed by atoms with Gasteiger partial charge in [-0.2, -0.15) is 0 Å². The third-order valence-electron chi connectivity index (χ3n) is 2.81. The summed E-state index contributed by atoms with van der Waals surface area (Å²) in [7, 11) is 0. The molecule has 0 aromatic heterocycles. The van der Waals surface area contributed by atoms with Crippen molar-refractivity contribution in [3.63, 3.8) is 0 Å². The summed E-state index contributed by atoms with van der Waals surface area (Å²) in [4.78, 5) is 23.7. The largest absolute Gasteiger partial charge is 0.419 e. The molecule has 0 amide bonds. The van der Waals surface area contributed by atoms with Crippen LogP contribution in [0.15, 0.2) is 29.8 Å². The van der Waals surface area contributed by atoms with Gasteiger partial charge in [0.1, 0.15) is 5.57 Å². The van der Waals surface area contributed by atoms with E-state index in [9.17, 15) is 9.59 Å². The van der Waals surface area contributed by atoms with Crippen molar-refractivity contribution < 1.29 is 24.2 Å². The van der Waals surface area contributed by atoms with Crippen LogP contribution in [0.5, 0.6) is 0 Å². The number of carbonyl (C=O) groups is 2. The van der Waals surface area contributed by atoms with Crippen molar-refractivity contribution in [2.75, 3.05) is 6.61 Å². The summed E-state index contributed by atoms with van der Waals surface area (Å²) >= 11 is 0. The van der Waals surface area contributed by atoms with Crippen LogP contribution in [0.2, 0.25) is 0 Å². The number of ether oxygens (including phenoxy) is 2. The number of aliphatic hydroxyl groups is 1. The summed E-state index contributed by atoms with van der Waals surface area (Å²) in [6.07, 6.45) is 1.84. The van der Waals surface area contributed by atoms with Crippen LogP contribution in [0.25, 0.3) is 6.08 Å². The van der Waals surface area contributed by atoms with Crippen LogP contribution in [0.3, 0.4) is 0 Å². The number of aliphatic hydroxyl groups excluding tert-OH is 1. The molecule has 0 unspecified atom stereocenters. The number of hydrogen-bond donors (Lipinski definition) is 1. The van der Waals surface area contributed by atoms with E-state index in [0.29, 0.717) is 12.0 Å². The van der Waals surface area contributed by atoms with Crippen LogP contribution in [-0.2, 0) is 19.1 Å². The topological polar surface area (TPSA) is 72.8 Å². The highest BCUT2D eigenvalue weighted by molar-refractivity contribution is 6.18. The second-order valence-electron chi connectivity index (χ2n) is 5.13. The summed E-state index contributed by atoms with van der Waals surface area (Å²) in [5, 5.41) is 8.66. The molecular formula is C17H16O5. The average Bonchev–Trinajstić information content (AvgIpc) is 2.44. The average molecular weight is 300 g/mol. The highest BCUT2D eigenvalue weighted by Crippen LogP contribution is 2.24. The third kappa shape index (κ3) is 3.96. The summed E-state index contributed by atoms with van der Waals surface area (Å²) in [5.74, 6) is 3.06. The first-order valence-corrected chi connectivity index (χ1v) is 6.79. The molecular weight excluding hydrogens is 284 g/mol. The maximum absolute atomic E-state index is 11.8. The third-order valence-corrected chi connectivity index (χ3v) is 2.81. The predicted molar refractivity (Wildman–Crippen MR) is 79.3 cm³/mol. The van der Waals surface area contributed by atoms with Crippen molar-refractivity contribution in [1.29, 1.82) is 0 Å². The maximum Gasteiger partial charge on any atom is 0.348 e. The minimum absolute atomic E-state index is 0.0255. The van der Waals surface area contributed by atoms with Gasteiger partial charge in [0.25, 0.3) is 5.79 Å². The standard InChI is InChI=1S/C17H16O5/c1-17(2)21-15(19)14(16(20)22-17)11-13-8-6-12(7-9-13)5-3-4-10-18/h6-9,11,18H,4,10H2,1-2H3. The molecule has 0 atom stereocenters. The second-order valence-corrected chi connectivity index (χ2v) is 5.13. The highest BCUT2D eigenvalue weighted by Gasteiger charge is 2.38. The fraction of sp³-hybridized carbons (Fsp3) is 0.294. The highest BCUT2D eigenvalue weighted by atomic mass is 16.7. The normalized spacial score (nSPS) is 16.2. The molecule has 22 heavy (non-hydrogen) atoms. The molecule has 2 rings (SSSR count). The number of benzene rings is 1. The van der Waals surface area contributed by atoms with E-state index < -0.39 is 17.7 Å². The second kappa shape index (κ2) is 6.46. The van der Waals surface area contributed by atoms with Gasteiger partial charge in [-0.15, -0.1) is 0 Å². The lowest BCUT2D eigenvalue weighted by Gasteiger charge is -2.29. The summed E-state index contributed by atoms with van der Waals surface area (Å²) in [5.41, 5.74) is 1.31. The summed E-state index contributed by atoms with van der Waals surface area (Å²) in [6.45, 7) is 3.02. The molecule has 1 aliphatic rings. The Morgan fingerprint density at radius 3 is 2.27 bits per heavy atom. The van der Waals surface area contributed by atoms with Gasteiger partial charge in [0, 0.05) is 25.8 Å². The first-order valence-electron chi connectivity index (χ1n) is 6.79. The minimum atomic E-state index is -1.24. The van der Waals surface area contributed by atoms with Crippen molar-refractivity contribution in [2.24, 2.45) is 0 Å². The van der Waals surface area contributed by atoms with Crippen LogP contribution in [-0.4, -0.2) is 29.4 Å². The summed E-state index contributed by atoms with van der Waals surface area (Å²) < 4.78 is 10.0. The van der Waals surface area contributed by atoms with E-state index in [2.05, 4.69) is 11.8 Å². The Labute approximate surface area is 128 Å². The van der Waals surface area contributed by atoms with Crippen LogP contribution < -0.4 is 0 Å². The van der Waals surface area contributed by atoms with Gasteiger partial charge >= 0.3 is 11.9 Å². The fourth-order valence-electron chi connectivity index (χ4n) is 1.83. The van der Waals surface area contributed by atoms with Gasteiger partial charge < -0.3 is 14.6 Å². The lowest BCUT2D eigenvalue weighted by molar-refractivity contribution is -0.222. The molecule has 0 radical (unpaired) electrons. The lowest BCUT2D eigenvalue weighted by Crippen LogP contribution is -2.41. The first kappa shape index (κ1) is 15.8. The molecule has 1 N–H and O–H groups in total. The molecule has 0 aliphatic carbocycles. The van der Waals surface area contributed by atoms with Crippen molar-refractivity contribution in [3.05, 3.63) is 41.0 Å². The van der Waals surface area contributed by atoms with Gasteiger partial charge in [-0.3, -0.25) is 0 Å². The predicted octanol–water partition coefficient (Wildman–Crippen LogP) is 1.64. The summed E-state index contributed by atoms with van der Waals surface area (Å²) in [6, 6.07) is 6.99. The Kier molecular flexibility index (Phi) is 4.64. The van der Waals surface area contributed by atoms with Gasteiger partial charge in [-0.1, -0.05) is 24.0 Å². The van der Waals surface area contributed by atoms with Crippen molar-refractivity contribution in [2.45, 2.75) is 26.1 Å². The number of hydrogen-bond acceptors (Lipinski definition) is 5. The molecule has 1 fully saturated rings. The lowest BCUT2D eigenvalue weighted by atomic mass is 10.1. The van der Waals surface area contributed by atoms with Crippen LogP contribution in [0.4, 0.5) is 0 Å². The fourth-order valence-corrected chi connectivity index (χ4v) is 1.83. The van der Waals surface area contributed by atoms with Gasteiger partial charge in [0.15, 0.2) is 0 Å². The molecule has 0 spiro atoms. The Morgan fingerprint density at radius 2 is 1.73 bits per heavy atom. The zero-order valence-corrected chi connectivity index (χ0v) is 12.4. The zero-order chi connectivity index (χ0) is 16.2. The Bertz CT molecular complexity index is 649. The van der Waals surface area contributed by atoms with E-state index in [1.54, 1.807) is 24.3 Å². The molecule has 1 heterocycles. The Hall–Kier alpha value is -2.58. The molecule has 5 heteroatoms. The molecule has 0 bridgehead atoms. The van der Waals surface area contributed by atoms with Gasteiger partial charge in [0.05, 0.1) is 6.61 Å². The van der Waals surface area contributed by atoms with Crippen LogP contribution >= 0.6 is 0 Å². The van der Waals surface area contributed by atoms with Crippen molar-refractivity contribution in [3.8, 4) is 11.8 Å². The van der Waals surface area contributed by atoms with E-state index in [4.69, 9.17) is 14.6 Å². The molecule has 0 saturated carbocycles. The molecule has 114 valence electrons. The van der Waals surface area contributed by atoms with Crippen molar-refractivity contribution >= 4 is 18.0 Å². The molecule has 1 saturated heterocycles.